The molecule has 2 atom stereocenters. The molecule has 2 rings (SSSR count). The van der Waals surface area contributed by atoms with Gasteiger partial charge in [0.25, 0.3) is 0 Å². The van der Waals surface area contributed by atoms with Crippen LogP contribution in [0.3, 0.4) is 0 Å². The summed E-state index contributed by atoms with van der Waals surface area (Å²) in [7, 11) is -3.94. The van der Waals surface area contributed by atoms with Gasteiger partial charge in [0.15, 0.2) is 0 Å². The Kier molecular flexibility index (Phi) is 4.17. The predicted octanol–water partition coefficient (Wildman–Crippen LogP) is 2.53. The zero-order chi connectivity index (χ0) is 14.1. The summed E-state index contributed by atoms with van der Waals surface area (Å²) in [5.41, 5.74) is 8.39. The lowest BCUT2D eigenvalue weighted by molar-refractivity contribution is 0.353. The fraction of sp³-hybridized carbons (Fsp3) is 0.571. The summed E-state index contributed by atoms with van der Waals surface area (Å²) in [6.45, 7) is 2.06. The molecule has 0 spiro atoms. The van der Waals surface area contributed by atoms with E-state index in [2.05, 4.69) is 31.2 Å². The van der Waals surface area contributed by atoms with E-state index in [9.17, 15) is 4.57 Å². The maximum Gasteiger partial charge on any atom is 0.325 e. The quantitative estimate of drug-likeness (QED) is 0.741. The van der Waals surface area contributed by atoms with E-state index in [1.165, 1.54) is 11.1 Å². The second kappa shape index (κ2) is 5.37. The number of hydrogen-bond donors (Lipinski definition) is 3. The molecule has 0 unspecified atom stereocenters. The Morgan fingerprint density at radius 3 is 2.58 bits per heavy atom. The Hall–Kier alpha value is -0.670. The van der Waals surface area contributed by atoms with Crippen molar-refractivity contribution in [1.29, 1.82) is 0 Å². The van der Waals surface area contributed by atoms with Crippen LogP contribution in [0.4, 0.5) is 0 Å². The summed E-state index contributed by atoms with van der Waals surface area (Å²) in [4.78, 5) is 17.9. The molecule has 0 aromatic heterocycles. The van der Waals surface area contributed by atoms with Crippen LogP contribution < -0.4 is 5.73 Å². The topological polar surface area (TPSA) is 83.6 Å². The Labute approximate surface area is 114 Å². The van der Waals surface area contributed by atoms with Crippen LogP contribution in [0, 0.1) is 6.92 Å². The SMILES string of the molecule is Cc1ccc([C@H]2CC[C@](N)(CCP(=O)(O)O)C2)cc1. The van der Waals surface area contributed by atoms with Crippen molar-refractivity contribution in [2.24, 2.45) is 5.73 Å². The van der Waals surface area contributed by atoms with Gasteiger partial charge in [-0.3, -0.25) is 4.57 Å². The number of rotatable bonds is 4. The molecular weight excluding hydrogens is 261 g/mol. The third-order valence-electron chi connectivity index (χ3n) is 4.09. The molecule has 0 bridgehead atoms. The monoisotopic (exact) mass is 283 g/mol. The van der Waals surface area contributed by atoms with Crippen molar-refractivity contribution < 1.29 is 14.4 Å². The first-order valence-electron chi connectivity index (χ1n) is 6.67. The van der Waals surface area contributed by atoms with E-state index < -0.39 is 13.1 Å². The molecule has 0 amide bonds. The first kappa shape index (κ1) is 14.7. The third kappa shape index (κ3) is 4.15. The molecule has 0 aliphatic heterocycles. The van der Waals surface area contributed by atoms with Crippen LogP contribution in [0.15, 0.2) is 24.3 Å². The second-order valence-electron chi connectivity index (χ2n) is 5.85. The van der Waals surface area contributed by atoms with Crippen LogP contribution in [-0.2, 0) is 4.57 Å². The normalized spacial score (nSPS) is 27.7. The lowest BCUT2D eigenvalue weighted by Gasteiger charge is -2.24. The summed E-state index contributed by atoms with van der Waals surface area (Å²) >= 11 is 0. The van der Waals surface area contributed by atoms with Crippen LogP contribution in [0.2, 0.25) is 0 Å². The van der Waals surface area contributed by atoms with Gasteiger partial charge in [0.05, 0.1) is 6.16 Å². The van der Waals surface area contributed by atoms with Gasteiger partial charge in [-0.05, 0) is 44.1 Å². The molecular formula is C14H22NO3P. The maximum atomic E-state index is 11.0. The van der Waals surface area contributed by atoms with Crippen molar-refractivity contribution in [3.63, 3.8) is 0 Å². The van der Waals surface area contributed by atoms with Gasteiger partial charge < -0.3 is 15.5 Å². The summed E-state index contributed by atoms with van der Waals surface area (Å²) in [5.74, 6) is 0.419. The number of nitrogens with two attached hydrogens (primary N) is 1. The third-order valence-corrected chi connectivity index (χ3v) is 4.90. The largest absolute Gasteiger partial charge is 0.325 e. The fourth-order valence-electron chi connectivity index (χ4n) is 2.88. The molecule has 1 aliphatic carbocycles. The summed E-state index contributed by atoms with van der Waals surface area (Å²) in [5, 5.41) is 0. The van der Waals surface area contributed by atoms with E-state index in [4.69, 9.17) is 15.5 Å². The fourth-order valence-corrected chi connectivity index (χ4v) is 3.61. The molecule has 106 valence electrons. The molecule has 5 heteroatoms. The molecule has 1 aromatic carbocycles. The average Bonchev–Trinajstić information content (AvgIpc) is 2.71. The molecule has 0 saturated heterocycles. The lowest BCUT2D eigenvalue weighted by atomic mass is 9.91. The van der Waals surface area contributed by atoms with Crippen molar-refractivity contribution >= 4 is 7.60 Å². The highest BCUT2D eigenvalue weighted by Crippen LogP contribution is 2.44. The van der Waals surface area contributed by atoms with Gasteiger partial charge in [-0.15, -0.1) is 0 Å². The van der Waals surface area contributed by atoms with Gasteiger partial charge in [-0.1, -0.05) is 29.8 Å². The first-order chi connectivity index (χ1) is 8.77. The molecule has 1 saturated carbocycles. The lowest BCUT2D eigenvalue weighted by Crippen LogP contribution is -2.37. The summed E-state index contributed by atoms with van der Waals surface area (Å²) < 4.78 is 11.0. The highest BCUT2D eigenvalue weighted by molar-refractivity contribution is 7.51. The first-order valence-corrected chi connectivity index (χ1v) is 8.47. The van der Waals surface area contributed by atoms with Gasteiger partial charge in [-0.25, -0.2) is 0 Å². The molecule has 19 heavy (non-hydrogen) atoms. The van der Waals surface area contributed by atoms with Crippen molar-refractivity contribution in [1.82, 2.24) is 0 Å². The van der Waals surface area contributed by atoms with E-state index in [0.29, 0.717) is 12.3 Å². The van der Waals surface area contributed by atoms with Gasteiger partial charge in [0, 0.05) is 5.54 Å². The Balaban J connectivity index is 1.98. The van der Waals surface area contributed by atoms with Crippen molar-refractivity contribution in [2.75, 3.05) is 6.16 Å². The van der Waals surface area contributed by atoms with E-state index in [0.717, 1.165) is 19.3 Å². The zero-order valence-electron chi connectivity index (χ0n) is 11.2. The Morgan fingerprint density at radius 2 is 2.00 bits per heavy atom. The molecule has 4 N–H and O–H groups in total. The van der Waals surface area contributed by atoms with Crippen molar-refractivity contribution in [3.05, 3.63) is 35.4 Å². The minimum atomic E-state index is -3.94. The van der Waals surface area contributed by atoms with Gasteiger partial charge in [0.2, 0.25) is 0 Å². The van der Waals surface area contributed by atoms with Crippen molar-refractivity contribution in [2.45, 2.75) is 44.1 Å². The number of hydrogen-bond acceptors (Lipinski definition) is 2. The van der Waals surface area contributed by atoms with Crippen LogP contribution in [0.1, 0.15) is 42.7 Å². The molecule has 0 radical (unpaired) electrons. The van der Waals surface area contributed by atoms with Crippen molar-refractivity contribution in [3.8, 4) is 0 Å². The summed E-state index contributed by atoms with van der Waals surface area (Å²) in [6.07, 6.45) is 2.95. The minimum absolute atomic E-state index is 0.107. The number of aryl methyl sites for hydroxylation is 1. The standard InChI is InChI=1S/C14H22NO3P/c1-11-2-4-12(5-3-11)13-6-7-14(15,10-13)8-9-19(16,17)18/h2-5,13H,6-10,15H2,1H3,(H2,16,17,18)/t13-,14-/m0/s1. The van der Waals surface area contributed by atoms with Gasteiger partial charge >= 0.3 is 7.60 Å². The molecule has 1 aromatic rings. The minimum Gasteiger partial charge on any atom is -0.325 e. The molecule has 4 nitrogen and oxygen atoms in total. The summed E-state index contributed by atoms with van der Waals surface area (Å²) in [6, 6.07) is 8.46. The highest BCUT2D eigenvalue weighted by atomic mass is 31.2. The van der Waals surface area contributed by atoms with E-state index in [1.54, 1.807) is 0 Å². The van der Waals surface area contributed by atoms with Crippen LogP contribution in [-0.4, -0.2) is 21.5 Å². The average molecular weight is 283 g/mol. The molecule has 1 aliphatic rings. The van der Waals surface area contributed by atoms with Crippen LogP contribution >= 0.6 is 7.60 Å². The maximum absolute atomic E-state index is 11.0. The van der Waals surface area contributed by atoms with Crippen LogP contribution in [0.25, 0.3) is 0 Å². The molecule has 1 fully saturated rings. The Bertz CT molecular complexity index is 482. The molecule has 0 heterocycles. The van der Waals surface area contributed by atoms with Gasteiger partial charge in [0.1, 0.15) is 0 Å². The predicted molar refractivity (Wildman–Crippen MR) is 76.2 cm³/mol. The van der Waals surface area contributed by atoms with E-state index in [1.807, 2.05) is 0 Å². The van der Waals surface area contributed by atoms with E-state index >= 15 is 0 Å². The smallest absolute Gasteiger partial charge is 0.325 e. The second-order valence-corrected chi connectivity index (χ2v) is 7.63. The highest BCUT2D eigenvalue weighted by Gasteiger charge is 2.37. The van der Waals surface area contributed by atoms with E-state index in [-0.39, 0.29) is 6.16 Å². The van der Waals surface area contributed by atoms with Crippen LogP contribution in [0.5, 0.6) is 0 Å². The number of benzene rings is 1. The van der Waals surface area contributed by atoms with Gasteiger partial charge in [-0.2, -0.15) is 0 Å². The zero-order valence-corrected chi connectivity index (χ0v) is 12.1. The Morgan fingerprint density at radius 1 is 1.37 bits per heavy atom.